The van der Waals surface area contributed by atoms with Crippen molar-refractivity contribution in [3.05, 3.63) is 0 Å². The third-order valence-corrected chi connectivity index (χ3v) is 4.95. The second kappa shape index (κ2) is 6.23. The van der Waals surface area contributed by atoms with Gasteiger partial charge in [-0.05, 0) is 31.1 Å². The number of rotatable bonds is 4. The Balaban J connectivity index is 1.37. The predicted molar refractivity (Wildman–Crippen MR) is 73.9 cm³/mol. The maximum absolute atomic E-state index is 12.2. The van der Waals surface area contributed by atoms with Gasteiger partial charge in [-0.15, -0.1) is 0 Å². The van der Waals surface area contributed by atoms with Crippen LogP contribution in [-0.4, -0.2) is 61.6 Å². The van der Waals surface area contributed by atoms with E-state index in [2.05, 4.69) is 9.80 Å². The molecule has 0 radical (unpaired) electrons. The average Bonchev–Trinajstić information content (AvgIpc) is 2.87. The van der Waals surface area contributed by atoms with Gasteiger partial charge in [-0.25, -0.2) is 0 Å². The Hall–Kier alpha value is -0.610. The number of nitrogens with zero attached hydrogens (tertiary/aromatic N) is 2. The second-order valence-electron chi connectivity index (χ2n) is 6.41. The highest BCUT2D eigenvalue weighted by Gasteiger charge is 2.27. The average molecular weight is 266 g/mol. The highest BCUT2D eigenvalue weighted by Crippen LogP contribution is 2.27. The fourth-order valence-electron chi connectivity index (χ4n) is 3.34. The first kappa shape index (κ1) is 13.4. The summed E-state index contributed by atoms with van der Waals surface area (Å²) in [5.41, 5.74) is 0. The molecule has 2 saturated heterocycles. The van der Waals surface area contributed by atoms with E-state index in [0.29, 0.717) is 18.2 Å². The molecule has 0 aromatic heterocycles. The van der Waals surface area contributed by atoms with Gasteiger partial charge in [-0.2, -0.15) is 0 Å². The van der Waals surface area contributed by atoms with Gasteiger partial charge in [-0.1, -0.05) is 6.42 Å². The summed E-state index contributed by atoms with van der Waals surface area (Å²) in [6, 6.07) is 0. The number of carbonyl (C=O) groups excluding carboxylic acids is 1. The molecule has 0 bridgehead atoms. The van der Waals surface area contributed by atoms with Gasteiger partial charge >= 0.3 is 0 Å². The minimum Gasteiger partial charge on any atom is -0.381 e. The Morgan fingerprint density at radius 3 is 2.42 bits per heavy atom. The standard InChI is InChI=1S/C15H26N2O2/c18-15(10-14-4-9-19-12-14)17-7-5-16(6-8-17)11-13-2-1-3-13/h13-14H,1-12H2. The van der Waals surface area contributed by atoms with E-state index in [4.69, 9.17) is 4.74 Å². The summed E-state index contributed by atoms with van der Waals surface area (Å²) in [6.07, 6.45) is 6.02. The Labute approximate surface area is 116 Å². The van der Waals surface area contributed by atoms with Crippen molar-refractivity contribution in [1.82, 2.24) is 9.80 Å². The molecular formula is C15H26N2O2. The van der Waals surface area contributed by atoms with Crippen LogP contribution in [-0.2, 0) is 9.53 Å². The van der Waals surface area contributed by atoms with E-state index in [1.165, 1.54) is 25.8 Å². The molecule has 4 heteroatoms. The predicted octanol–water partition coefficient (Wildman–Crippen LogP) is 1.36. The van der Waals surface area contributed by atoms with Crippen LogP contribution in [0, 0.1) is 11.8 Å². The van der Waals surface area contributed by atoms with Crippen molar-refractivity contribution in [2.45, 2.75) is 32.1 Å². The van der Waals surface area contributed by atoms with Crippen molar-refractivity contribution < 1.29 is 9.53 Å². The van der Waals surface area contributed by atoms with Gasteiger partial charge in [0.25, 0.3) is 0 Å². The van der Waals surface area contributed by atoms with Crippen molar-refractivity contribution in [3.63, 3.8) is 0 Å². The molecule has 1 amide bonds. The molecule has 2 heterocycles. The minimum absolute atomic E-state index is 0.346. The van der Waals surface area contributed by atoms with Gasteiger partial charge in [0.1, 0.15) is 0 Å². The number of ether oxygens (including phenoxy) is 1. The minimum atomic E-state index is 0.346. The second-order valence-corrected chi connectivity index (χ2v) is 6.41. The van der Waals surface area contributed by atoms with Crippen LogP contribution in [0.1, 0.15) is 32.1 Å². The smallest absolute Gasteiger partial charge is 0.223 e. The van der Waals surface area contributed by atoms with Crippen LogP contribution >= 0.6 is 0 Å². The first-order chi connectivity index (χ1) is 9.31. The molecule has 1 atom stereocenters. The van der Waals surface area contributed by atoms with E-state index < -0.39 is 0 Å². The molecule has 2 aliphatic heterocycles. The molecule has 108 valence electrons. The zero-order valence-electron chi connectivity index (χ0n) is 11.9. The lowest BCUT2D eigenvalue weighted by molar-refractivity contribution is -0.134. The lowest BCUT2D eigenvalue weighted by Crippen LogP contribution is -2.50. The van der Waals surface area contributed by atoms with Crippen molar-refractivity contribution in [3.8, 4) is 0 Å². The van der Waals surface area contributed by atoms with E-state index >= 15 is 0 Å². The van der Waals surface area contributed by atoms with Crippen LogP contribution in [0.2, 0.25) is 0 Å². The first-order valence-electron chi connectivity index (χ1n) is 7.89. The van der Waals surface area contributed by atoms with E-state index in [-0.39, 0.29) is 0 Å². The number of hydrogen-bond acceptors (Lipinski definition) is 3. The van der Waals surface area contributed by atoms with Crippen LogP contribution in [0.3, 0.4) is 0 Å². The fourth-order valence-corrected chi connectivity index (χ4v) is 3.34. The summed E-state index contributed by atoms with van der Waals surface area (Å²) in [4.78, 5) is 16.8. The van der Waals surface area contributed by atoms with Gasteiger partial charge < -0.3 is 9.64 Å². The maximum atomic E-state index is 12.2. The number of piperazine rings is 1. The number of carbonyl (C=O) groups is 1. The van der Waals surface area contributed by atoms with E-state index in [0.717, 1.165) is 51.7 Å². The molecule has 1 unspecified atom stereocenters. The van der Waals surface area contributed by atoms with Crippen molar-refractivity contribution in [1.29, 1.82) is 0 Å². The Kier molecular flexibility index (Phi) is 4.38. The highest BCUT2D eigenvalue weighted by atomic mass is 16.5. The number of hydrogen-bond donors (Lipinski definition) is 0. The van der Waals surface area contributed by atoms with Crippen LogP contribution in [0.15, 0.2) is 0 Å². The van der Waals surface area contributed by atoms with Crippen LogP contribution in [0.5, 0.6) is 0 Å². The Morgan fingerprint density at radius 2 is 1.84 bits per heavy atom. The zero-order chi connectivity index (χ0) is 13.1. The Bertz CT molecular complexity index is 303. The zero-order valence-corrected chi connectivity index (χ0v) is 11.9. The highest BCUT2D eigenvalue weighted by molar-refractivity contribution is 5.76. The molecule has 1 aliphatic carbocycles. The summed E-state index contributed by atoms with van der Waals surface area (Å²) in [6.45, 7) is 6.89. The van der Waals surface area contributed by atoms with E-state index in [9.17, 15) is 4.79 Å². The summed E-state index contributed by atoms with van der Waals surface area (Å²) < 4.78 is 5.35. The Morgan fingerprint density at radius 1 is 1.05 bits per heavy atom. The fraction of sp³-hybridized carbons (Fsp3) is 0.933. The lowest BCUT2D eigenvalue weighted by atomic mass is 9.85. The summed E-state index contributed by atoms with van der Waals surface area (Å²) >= 11 is 0. The quantitative estimate of drug-likeness (QED) is 0.770. The lowest BCUT2D eigenvalue weighted by Gasteiger charge is -2.38. The summed E-state index contributed by atoms with van der Waals surface area (Å²) in [7, 11) is 0. The topological polar surface area (TPSA) is 32.8 Å². The molecule has 0 aromatic carbocycles. The van der Waals surface area contributed by atoms with Crippen molar-refractivity contribution in [2.75, 3.05) is 45.9 Å². The monoisotopic (exact) mass is 266 g/mol. The molecule has 3 aliphatic rings. The van der Waals surface area contributed by atoms with Gasteiger partial charge in [0.05, 0.1) is 0 Å². The molecule has 0 N–H and O–H groups in total. The summed E-state index contributed by atoms with van der Waals surface area (Å²) in [5.74, 6) is 1.76. The first-order valence-corrected chi connectivity index (χ1v) is 7.89. The van der Waals surface area contributed by atoms with Crippen LogP contribution < -0.4 is 0 Å². The SMILES string of the molecule is O=C(CC1CCOC1)N1CCN(CC2CCC2)CC1. The number of amides is 1. The van der Waals surface area contributed by atoms with Crippen LogP contribution in [0.25, 0.3) is 0 Å². The molecule has 0 aromatic rings. The molecule has 19 heavy (non-hydrogen) atoms. The van der Waals surface area contributed by atoms with Crippen molar-refractivity contribution in [2.24, 2.45) is 11.8 Å². The molecular weight excluding hydrogens is 240 g/mol. The molecule has 3 rings (SSSR count). The van der Waals surface area contributed by atoms with Gasteiger partial charge in [0, 0.05) is 52.4 Å². The van der Waals surface area contributed by atoms with Crippen LogP contribution in [0.4, 0.5) is 0 Å². The normalized spacial score (nSPS) is 29.5. The van der Waals surface area contributed by atoms with Gasteiger partial charge in [0.15, 0.2) is 0 Å². The van der Waals surface area contributed by atoms with Gasteiger partial charge in [0.2, 0.25) is 5.91 Å². The largest absolute Gasteiger partial charge is 0.381 e. The van der Waals surface area contributed by atoms with E-state index in [1.807, 2.05) is 0 Å². The molecule has 4 nitrogen and oxygen atoms in total. The molecule has 3 fully saturated rings. The maximum Gasteiger partial charge on any atom is 0.223 e. The molecule has 0 spiro atoms. The van der Waals surface area contributed by atoms with E-state index in [1.54, 1.807) is 0 Å². The van der Waals surface area contributed by atoms with Crippen molar-refractivity contribution >= 4 is 5.91 Å². The summed E-state index contributed by atoms with van der Waals surface area (Å²) in [5, 5.41) is 0. The third-order valence-electron chi connectivity index (χ3n) is 4.95. The van der Waals surface area contributed by atoms with Gasteiger partial charge in [-0.3, -0.25) is 9.69 Å². The third kappa shape index (κ3) is 3.48. The molecule has 1 saturated carbocycles.